The summed E-state index contributed by atoms with van der Waals surface area (Å²) in [5.74, 6) is 0.167. The van der Waals surface area contributed by atoms with E-state index >= 15 is 0 Å². The molecule has 3 rings (SSSR count). The van der Waals surface area contributed by atoms with E-state index in [1.165, 1.54) is 11.3 Å². The average Bonchev–Trinajstić information content (AvgIpc) is 3.18. The number of carbonyl (C=O) groups is 1. The molecular formula is C16H13ClN2O2S. The zero-order valence-corrected chi connectivity index (χ0v) is 13.1. The van der Waals surface area contributed by atoms with Crippen molar-refractivity contribution in [3.63, 3.8) is 0 Å². The number of rotatable bonds is 5. The van der Waals surface area contributed by atoms with Gasteiger partial charge in [-0.3, -0.25) is 4.79 Å². The zero-order chi connectivity index (χ0) is 15.5. The van der Waals surface area contributed by atoms with Gasteiger partial charge in [-0.25, -0.2) is 4.98 Å². The molecule has 0 bridgehead atoms. The molecule has 112 valence electrons. The summed E-state index contributed by atoms with van der Waals surface area (Å²) >= 11 is 7.46. The Morgan fingerprint density at radius 2 is 2.14 bits per heavy atom. The maximum Gasteiger partial charge on any atom is 0.238 e. The first-order valence-corrected chi connectivity index (χ1v) is 7.94. The third kappa shape index (κ3) is 2.97. The number of aliphatic hydroxyl groups excluding tert-OH is 1. The molecule has 0 radical (unpaired) electrons. The Morgan fingerprint density at radius 3 is 2.86 bits per heavy atom. The molecule has 1 aromatic carbocycles. The summed E-state index contributed by atoms with van der Waals surface area (Å²) in [6, 6.07) is 10.7. The molecule has 4 nitrogen and oxygen atoms in total. The van der Waals surface area contributed by atoms with Gasteiger partial charge in [0.05, 0.1) is 17.5 Å². The monoisotopic (exact) mass is 332 g/mol. The summed E-state index contributed by atoms with van der Waals surface area (Å²) in [6.45, 7) is 0.218. The number of aromatic nitrogens is 2. The van der Waals surface area contributed by atoms with Gasteiger partial charge < -0.3 is 9.67 Å². The fourth-order valence-electron chi connectivity index (χ4n) is 2.21. The van der Waals surface area contributed by atoms with E-state index < -0.39 is 6.10 Å². The third-order valence-electron chi connectivity index (χ3n) is 3.30. The number of benzene rings is 1. The SMILES string of the molecule is O=C(c1cccs1)c1nccn1CC(O)c1ccccc1Cl. The molecule has 6 heteroatoms. The van der Waals surface area contributed by atoms with Crippen LogP contribution >= 0.6 is 22.9 Å². The van der Waals surface area contributed by atoms with Gasteiger partial charge in [-0.1, -0.05) is 35.9 Å². The van der Waals surface area contributed by atoms with E-state index in [4.69, 9.17) is 11.6 Å². The quantitative estimate of drug-likeness (QED) is 0.727. The molecule has 0 saturated heterocycles. The van der Waals surface area contributed by atoms with E-state index in [1.54, 1.807) is 35.2 Å². The lowest BCUT2D eigenvalue weighted by atomic mass is 10.1. The van der Waals surface area contributed by atoms with Crippen molar-refractivity contribution in [3.8, 4) is 0 Å². The van der Waals surface area contributed by atoms with Crippen LogP contribution in [0.4, 0.5) is 0 Å². The molecule has 22 heavy (non-hydrogen) atoms. The smallest absolute Gasteiger partial charge is 0.238 e. The van der Waals surface area contributed by atoms with Gasteiger partial charge in [0.1, 0.15) is 0 Å². The number of ketones is 1. The Morgan fingerprint density at radius 1 is 1.32 bits per heavy atom. The highest BCUT2D eigenvalue weighted by atomic mass is 35.5. The summed E-state index contributed by atoms with van der Waals surface area (Å²) in [7, 11) is 0. The Kier molecular flexibility index (Phi) is 4.38. The number of imidazole rings is 1. The lowest BCUT2D eigenvalue weighted by molar-refractivity contribution is 0.102. The predicted octanol–water partition coefficient (Wildman–Crippen LogP) is 3.56. The Balaban J connectivity index is 1.84. The van der Waals surface area contributed by atoms with Crippen LogP contribution in [0.15, 0.2) is 54.2 Å². The molecule has 2 aromatic heterocycles. The predicted molar refractivity (Wildman–Crippen MR) is 86.4 cm³/mol. The van der Waals surface area contributed by atoms with Crippen molar-refractivity contribution in [2.75, 3.05) is 0 Å². The molecule has 1 atom stereocenters. The van der Waals surface area contributed by atoms with E-state index in [0.29, 0.717) is 21.3 Å². The van der Waals surface area contributed by atoms with Gasteiger partial charge >= 0.3 is 0 Å². The van der Waals surface area contributed by atoms with Crippen LogP contribution in [0.5, 0.6) is 0 Å². The topological polar surface area (TPSA) is 55.1 Å². The first kappa shape index (κ1) is 15.0. The van der Waals surface area contributed by atoms with Gasteiger partial charge in [-0.05, 0) is 17.5 Å². The van der Waals surface area contributed by atoms with E-state index in [0.717, 1.165) is 0 Å². The highest BCUT2D eigenvalue weighted by Gasteiger charge is 2.19. The Labute approximate surface area is 136 Å². The molecular weight excluding hydrogens is 320 g/mol. The second-order valence-corrected chi connectivity index (χ2v) is 6.10. The van der Waals surface area contributed by atoms with Crippen LogP contribution < -0.4 is 0 Å². The number of thiophene rings is 1. The average molecular weight is 333 g/mol. The second-order valence-electron chi connectivity index (χ2n) is 4.75. The zero-order valence-electron chi connectivity index (χ0n) is 11.5. The number of carbonyl (C=O) groups excluding carboxylic acids is 1. The van der Waals surface area contributed by atoms with Crippen LogP contribution in [0, 0.1) is 0 Å². The normalized spacial score (nSPS) is 12.3. The first-order valence-electron chi connectivity index (χ1n) is 6.68. The molecule has 0 fully saturated rings. The van der Waals surface area contributed by atoms with Gasteiger partial charge in [-0.15, -0.1) is 11.3 Å². The molecule has 0 aliphatic rings. The van der Waals surface area contributed by atoms with Crippen molar-refractivity contribution >= 4 is 28.7 Å². The number of nitrogens with zero attached hydrogens (tertiary/aromatic N) is 2. The summed E-state index contributed by atoms with van der Waals surface area (Å²) in [5, 5.41) is 12.7. The van der Waals surface area contributed by atoms with Crippen molar-refractivity contribution in [1.82, 2.24) is 9.55 Å². The molecule has 1 unspecified atom stereocenters. The lowest BCUT2D eigenvalue weighted by Crippen LogP contribution is -2.15. The third-order valence-corrected chi connectivity index (χ3v) is 4.51. The minimum absolute atomic E-state index is 0.147. The van der Waals surface area contributed by atoms with Crippen molar-refractivity contribution in [1.29, 1.82) is 0 Å². The van der Waals surface area contributed by atoms with Crippen LogP contribution in [-0.2, 0) is 6.54 Å². The van der Waals surface area contributed by atoms with Gasteiger partial charge in [0, 0.05) is 23.0 Å². The lowest BCUT2D eigenvalue weighted by Gasteiger charge is -2.14. The molecule has 1 N–H and O–H groups in total. The number of hydrogen-bond acceptors (Lipinski definition) is 4. The van der Waals surface area contributed by atoms with Crippen molar-refractivity contribution in [2.45, 2.75) is 12.6 Å². The van der Waals surface area contributed by atoms with Crippen LogP contribution in [0.1, 0.15) is 27.2 Å². The Hall–Kier alpha value is -1.95. The molecule has 0 aliphatic heterocycles. The standard InChI is InChI=1S/C16H13ClN2O2S/c17-12-5-2-1-4-11(12)13(20)10-19-8-7-18-16(19)15(21)14-6-3-9-22-14/h1-9,13,20H,10H2. The second kappa shape index (κ2) is 6.44. The van der Waals surface area contributed by atoms with Crippen molar-refractivity contribution in [2.24, 2.45) is 0 Å². The van der Waals surface area contributed by atoms with Crippen LogP contribution in [0.2, 0.25) is 5.02 Å². The van der Waals surface area contributed by atoms with E-state index in [9.17, 15) is 9.90 Å². The van der Waals surface area contributed by atoms with Crippen LogP contribution in [0.3, 0.4) is 0 Å². The molecule has 2 heterocycles. The van der Waals surface area contributed by atoms with Crippen LogP contribution in [0.25, 0.3) is 0 Å². The molecule has 3 aromatic rings. The van der Waals surface area contributed by atoms with Gasteiger partial charge in [0.2, 0.25) is 5.78 Å². The summed E-state index contributed by atoms with van der Waals surface area (Å²) < 4.78 is 1.65. The summed E-state index contributed by atoms with van der Waals surface area (Å²) in [6.07, 6.45) is 2.43. The first-order chi connectivity index (χ1) is 10.7. The molecule has 0 amide bonds. The number of hydrogen-bond donors (Lipinski definition) is 1. The van der Waals surface area contributed by atoms with Gasteiger partial charge in [0.25, 0.3) is 0 Å². The van der Waals surface area contributed by atoms with E-state index in [1.807, 2.05) is 23.6 Å². The van der Waals surface area contributed by atoms with E-state index in [2.05, 4.69) is 4.98 Å². The highest BCUT2D eigenvalue weighted by Crippen LogP contribution is 2.24. The summed E-state index contributed by atoms with van der Waals surface area (Å²) in [5.41, 5.74) is 0.632. The minimum atomic E-state index is -0.808. The minimum Gasteiger partial charge on any atom is -0.386 e. The molecule has 0 aliphatic carbocycles. The Bertz CT molecular complexity index is 783. The van der Waals surface area contributed by atoms with Crippen molar-refractivity contribution < 1.29 is 9.90 Å². The van der Waals surface area contributed by atoms with E-state index in [-0.39, 0.29) is 12.3 Å². The number of halogens is 1. The van der Waals surface area contributed by atoms with Crippen molar-refractivity contribution in [3.05, 3.63) is 75.5 Å². The maximum atomic E-state index is 12.4. The van der Waals surface area contributed by atoms with Gasteiger partial charge in [-0.2, -0.15) is 0 Å². The molecule has 0 spiro atoms. The summed E-state index contributed by atoms with van der Waals surface area (Å²) in [4.78, 5) is 17.1. The largest absolute Gasteiger partial charge is 0.386 e. The van der Waals surface area contributed by atoms with Gasteiger partial charge in [0.15, 0.2) is 5.82 Å². The molecule has 0 saturated carbocycles. The van der Waals surface area contributed by atoms with Crippen LogP contribution in [-0.4, -0.2) is 20.4 Å². The highest BCUT2D eigenvalue weighted by molar-refractivity contribution is 7.12. The number of aliphatic hydroxyl groups is 1. The maximum absolute atomic E-state index is 12.4. The fourth-order valence-corrected chi connectivity index (χ4v) is 3.13. The fraction of sp³-hybridized carbons (Fsp3) is 0.125.